The van der Waals surface area contributed by atoms with Gasteiger partial charge in [-0.05, 0) is 39.9 Å². The van der Waals surface area contributed by atoms with Gasteiger partial charge in [0, 0.05) is 31.2 Å². The van der Waals surface area contributed by atoms with Crippen LogP contribution in [0.4, 0.5) is 0 Å². The smallest absolute Gasteiger partial charge is 0.0499 e. The standard InChI is InChI=1S/C15H30N2O/c1-16(2)14-7-10-17(11-14)12-15(13-18)8-5-3-4-6-9-15/h14,18H,3-13H2,1-2H3. The van der Waals surface area contributed by atoms with Crippen LogP contribution in [0.25, 0.3) is 0 Å². The van der Waals surface area contributed by atoms with Crippen LogP contribution in [0.1, 0.15) is 44.9 Å². The van der Waals surface area contributed by atoms with E-state index in [-0.39, 0.29) is 5.41 Å². The first kappa shape index (κ1) is 14.3. The van der Waals surface area contributed by atoms with E-state index in [0.717, 1.165) is 6.54 Å². The molecule has 0 spiro atoms. The van der Waals surface area contributed by atoms with Gasteiger partial charge in [0.2, 0.25) is 0 Å². The van der Waals surface area contributed by atoms with Crippen molar-refractivity contribution in [2.75, 3.05) is 40.3 Å². The Kier molecular flexibility index (Phi) is 5.05. The third kappa shape index (κ3) is 3.46. The number of rotatable bonds is 4. The minimum Gasteiger partial charge on any atom is -0.396 e. The monoisotopic (exact) mass is 254 g/mol. The lowest BCUT2D eigenvalue weighted by atomic mass is 9.80. The lowest BCUT2D eigenvalue weighted by molar-refractivity contribution is 0.0658. The van der Waals surface area contributed by atoms with E-state index in [2.05, 4.69) is 23.9 Å². The normalized spacial score (nSPS) is 29.7. The molecule has 1 unspecified atom stereocenters. The number of hydrogen-bond donors (Lipinski definition) is 1. The zero-order valence-corrected chi connectivity index (χ0v) is 12.2. The van der Waals surface area contributed by atoms with Crippen molar-refractivity contribution >= 4 is 0 Å². The molecule has 18 heavy (non-hydrogen) atoms. The average molecular weight is 254 g/mol. The molecule has 2 fully saturated rings. The van der Waals surface area contributed by atoms with E-state index in [1.54, 1.807) is 0 Å². The highest BCUT2D eigenvalue weighted by Gasteiger charge is 2.35. The number of hydrogen-bond acceptors (Lipinski definition) is 3. The van der Waals surface area contributed by atoms with Crippen LogP contribution in [0, 0.1) is 5.41 Å². The molecular formula is C15H30N2O. The van der Waals surface area contributed by atoms with E-state index in [4.69, 9.17) is 0 Å². The molecule has 1 saturated heterocycles. The quantitative estimate of drug-likeness (QED) is 0.777. The number of likely N-dealkylation sites (tertiary alicyclic amines) is 1. The fourth-order valence-corrected chi connectivity index (χ4v) is 3.70. The largest absolute Gasteiger partial charge is 0.396 e. The predicted molar refractivity (Wildman–Crippen MR) is 75.8 cm³/mol. The van der Waals surface area contributed by atoms with Crippen LogP contribution in [0.2, 0.25) is 0 Å². The van der Waals surface area contributed by atoms with Crippen LogP contribution in [0.15, 0.2) is 0 Å². The van der Waals surface area contributed by atoms with Crippen molar-refractivity contribution in [2.45, 2.75) is 51.0 Å². The summed E-state index contributed by atoms with van der Waals surface area (Å²) >= 11 is 0. The summed E-state index contributed by atoms with van der Waals surface area (Å²) in [7, 11) is 4.36. The zero-order chi connectivity index (χ0) is 13.0. The highest BCUT2D eigenvalue weighted by atomic mass is 16.3. The number of aliphatic hydroxyl groups is 1. The second-order valence-corrected chi connectivity index (χ2v) is 6.71. The molecule has 1 N–H and O–H groups in total. The van der Waals surface area contributed by atoms with Gasteiger partial charge >= 0.3 is 0 Å². The van der Waals surface area contributed by atoms with Gasteiger partial charge in [0.25, 0.3) is 0 Å². The first-order valence-corrected chi connectivity index (χ1v) is 7.65. The van der Waals surface area contributed by atoms with E-state index < -0.39 is 0 Å². The molecule has 1 atom stereocenters. The minimum atomic E-state index is 0.206. The molecule has 3 heteroatoms. The summed E-state index contributed by atoms with van der Waals surface area (Å²) in [6.45, 7) is 3.91. The first-order chi connectivity index (χ1) is 8.65. The molecule has 0 radical (unpaired) electrons. The maximum atomic E-state index is 9.86. The molecule has 1 aliphatic heterocycles. The van der Waals surface area contributed by atoms with Gasteiger partial charge in [0.1, 0.15) is 0 Å². The third-order valence-corrected chi connectivity index (χ3v) is 5.04. The second kappa shape index (κ2) is 6.36. The van der Waals surface area contributed by atoms with Crippen LogP contribution in [0.3, 0.4) is 0 Å². The average Bonchev–Trinajstić information content (AvgIpc) is 2.69. The topological polar surface area (TPSA) is 26.7 Å². The summed E-state index contributed by atoms with van der Waals surface area (Å²) in [5.41, 5.74) is 0.206. The van der Waals surface area contributed by atoms with Gasteiger partial charge in [-0.3, -0.25) is 0 Å². The Morgan fingerprint density at radius 3 is 2.33 bits per heavy atom. The highest BCUT2D eigenvalue weighted by Crippen LogP contribution is 2.36. The summed E-state index contributed by atoms with van der Waals surface area (Å²) in [6, 6.07) is 0.714. The van der Waals surface area contributed by atoms with E-state index >= 15 is 0 Å². The Balaban J connectivity index is 1.90. The Morgan fingerprint density at radius 1 is 1.17 bits per heavy atom. The van der Waals surface area contributed by atoms with Crippen molar-refractivity contribution in [3.63, 3.8) is 0 Å². The number of nitrogens with zero attached hydrogens (tertiary/aromatic N) is 2. The summed E-state index contributed by atoms with van der Waals surface area (Å²) in [5.74, 6) is 0. The second-order valence-electron chi connectivity index (χ2n) is 6.71. The highest BCUT2D eigenvalue weighted by molar-refractivity contribution is 4.89. The molecular weight excluding hydrogens is 224 g/mol. The van der Waals surface area contributed by atoms with Crippen LogP contribution in [-0.2, 0) is 0 Å². The van der Waals surface area contributed by atoms with Crippen molar-refractivity contribution in [2.24, 2.45) is 5.41 Å². The fraction of sp³-hybridized carbons (Fsp3) is 1.00. The summed E-state index contributed by atoms with van der Waals surface area (Å²) in [5, 5.41) is 9.86. The molecule has 106 valence electrons. The molecule has 0 bridgehead atoms. The lowest BCUT2D eigenvalue weighted by Crippen LogP contribution is -2.40. The van der Waals surface area contributed by atoms with Crippen molar-refractivity contribution in [1.82, 2.24) is 9.80 Å². The molecule has 0 aromatic carbocycles. The van der Waals surface area contributed by atoms with Gasteiger partial charge in [-0.15, -0.1) is 0 Å². The molecule has 1 saturated carbocycles. The molecule has 1 heterocycles. The van der Waals surface area contributed by atoms with Gasteiger partial charge in [-0.25, -0.2) is 0 Å². The van der Waals surface area contributed by atoms with Gasteiger partial charge < -0.3 is 14.9 Å². The SMILES string of the molecule is CN(C)C1CCN(CC2(CO)CCCCCC2)C1. The van der Waals surface area contributed by atoms with Crippen molar-refractivity contribution < 1.29 is 5.11 Å². The molecule has 2 aliphatic rings. The van der Waals surface area contributed by atoms with Crippen LogP contribution < -0.4 is 0 Å². The van der Waals surface area contributed by atoms with E-state index in [1.807, 2.05) is 0 Å². The Bertz CT molecular complexity index is 247. The molecule has 0 amide bonds. The Morgan fingerprint density at radius 2 is 1.83 bits per heavy atom. The molecule has 3 nitrogen and oxygen atoms in total. The van der Waals surface area contributed by atoms with Crippen LogP contribution in [-0.4, -0.2) is 61.3 Å². The van der Waals surface area contributed by atoms with E-state index in [0.29, 0.717) is 12.6 Å². The van der Waals surface area contributed by atoms with Gasteiger partial charge in [-0.1, -0.05) is 25.7 Å². The predicted octanol–water partition coefficient (Wildman–Crippen LogP) is 1.96. The number of aliphatic hydroxyl groups excluding tert-OH is 1. The molecule has 0 aromatic heterocycles. The maximum absolute atomic E-state index is 9.86. The molecule has 2 rings (SSSR count). The van der Waals surface area contributed by atoms with E-state index in [9.17, 15) is 5.11 Å². The number of likely N-dealkylation sites (N-methyl/N-ethyl adjacent to an activating group) is 1. The Labute approximate surface area is 112 Å². The first-order valence-electron chi connectivity index (χ1n) is 7.65. The summed E-state index contributed by atoms with van der Waals surface area (Å²) < 4.78 is 0. The summed E-state index contributed by atoms with van der Waals surface area (Å²) in [6.07, 6.45) is 9.09. The fourth-order valence-electron chi connectivity index (χ4n) is 3.70. The van der Waals surface area contributed by atoms with Gasteiger partial charge in [0.15, 0.2) is 0 Å². The Hall–Kier alpha value is -0.120. The van der Waals surface area contributed by atoms with Crippen molar-refractivity contribution in [3.05, 3.63) is 0 Å². The van der Waals surface area contributed by atoms with E-state index in [1.165, 1.54) is 58.0 Å². The van der Waals surface area contributed by atoms with Crippen LogP contribution >= 0.6 is 0 Å². The van der Waals surface area contributed by atoms with Crippen molar-refractivity contribution in [3.8, 4) is 0 Å². The molecule has 1 aliphatic carbocycles. The summed E-state index contributed by atoms with van der Waals surface area (Å²) in [4.78, 5) is 4.94. The molecule has 0 aromatic rings. The van der Waals surface area contributed by atoms with Crippen molar-refractivity contribution in [1.29, 1.82) is 0 Å². The lowest BCUT2D eigenvalue weighted by Gasteiger charge is -2.35. The zero-order valence-electron chi connectivity index (χ0n) is 12.2. The third-order valence-electron chi connectivity index (χ3n) is 5.04. The van der Waals surface area contributed by atoms with Gasteiger partial charge in [-0.2, -0.15) is 0 Å². The van der Waals surface area contributed by atoms with Crippen LogP contribution in [0.5, 0.6) is 0 Å². The van der Waals surface area contributed by atoms with Gasteiger partial charge in [0.05, 0.1) is 0 Å². The maximum Gasteiger partial charge on any atom is 0.0499 e. The minimum absolute atomic E-state index is 0.206.